The van der Waals surface area contributed by atoms with E-state index >= 15 is 0 Å². The summed E-state index contributed by atoms with van der Waals surface area (Å²) in [5.74, 6) is 0. The molecule has 0 bridgehead atoms. The van der Waals surface area contributed by atoms with E-state index in [2.05, 4.69) is 48.9 Å². The van der Waals surface area contributed by atoms with Crippen molar-refractivity contribution in [3.8, 4) is 19.5 Å². The van der Waals surface area contributed by atoms with Crippen LogP contribution in [0, 0.1) is 5.38 Å². The first-order valence-electron chi connectivity index (χ1n) is 15.5. The summed E-state index contributed by atoms with van der Waals surface area (Å²) >= 11 is 14.4. The minimum atomic E-state index is 0. The van der Waals surface area contributed by atoms with Crippen LogP contribution in [0.15, 0.2) is 24.3 Å². The fraction of sp³-hybridized carbons (Fsp3) is 0.529. The average molecular weight is 734 g/mol. The fourth-order valence-electron chi connectivity index (χ4n) is 5.76. The molecule has 0 aliphatic heterocycles. The molecular weight excluding hydrogens is 690 g/mol. The van der Waals surface area contributed by atoms with Crippen LogP contribution in [0.1, 0.15) is 109 Å². The summed E-state index contributed by atoms with van der Waals surface area (Å²) in [4.78, 5) is 5.55. The van der Waals surface area contributed by atoms with E-state index in [0.29, 0.717) is 0 Å². The van der Waals surface area contributed by atoms with Crippen LogP contribution in [0.25, 0.3) is 39.9 Å². The normalized spacial score (nSPS) is 11.4. The Morgan fingerprint density at radius 1 is 0.690 bits per heavy atom. The van der Waals surface area contributed by atoms with E-state index in [1.54, 1.807) is 11.3 Å². The van der Waals surface area contributed by atoms with Crippen LogP contribution in [0.3, 0.4) is 0 Å². The van der Waals surface area contributed by atoms with Gasteiger partial charge < -0.3 is 21.5 Å². The molecule has 0 unspecified atom stereocenters. The van der Waals surface area contributed by atoms with Crippen molar-refractivity contribution in [1.29, 1.82) is 0 Å². The summed E-state index contributed by atoms with van der Waals surface area (Å²) in [5.41, 5.74) is 5.80. The topological polar surface area (TPSA) is 4.93 Å². The average Bonchev–Trinajstić information content (AvgIpc) is 3.77. The number of halogens is 2. The van der Waals surface area contributed by atoms with E-state index in [1.807, 2.05) is 40.1 Å². The zero-order valence-corrected chi connectivity index (χ0v) is 32.5. The molecule has 0 aliphatic carbocycles. The summed E-state index contributed by atoms with van der Waals surface area (Å²) in [6.45, 7) is 7.97. The molecule has 5 aromatic rings. The third-order valence-corrected chi connectivity index (χ3v) is 13.1. The number of hydrogen-bond donors (Lipinski definition) is 0. The van der Waals surface area contributed by atoms with Gasteiger partial charge in [-0.05, 0) is 60.2 Å². The zero-order chi connectivity index (χ0) is 27.9. The van der Waals surface area contributed by atoms with Gasteiger partial charge in [-0.1, -0.05) is 90.2 Å². The molecule has 0 atom stereocenters. The Hall–Kier alpha value is 0.136. The second-order valence-corrected chi connectivity index (χ2v) is 15.7. The first-order valence-corrected chi connectivity index (χ1v) is 19.1. The molecule has 5 aromatic heterocycles. The summed E-state index contributed by atoms with van der Waals surface area (Å²) in [7, 11) is 0. The summed E-state index contributed by atoms with van der Waals surface area (Å²) < 4.78 is 6.57. The van der Waals surface area contributed by atoms with Crippen molar-refractivity contribution < 1.29 is 17.0 Å². The maximum Gasteiger partial charge on any atom is 2.00 e. The van der Waals surface area contributed by atoms with Crippen molar-refractivity contribution in [1.82, 2.24) is 4.57 Å². The molecule has 0 saturated carbocycles. The Bertz CT molecular complexity index is 1490. The second kappa shape index (κ2) is 18.3. The van der Waals surface area contributed by atoms with Gasteiger partial charge in [-0.15, -0.1) is 44.3 Å². The fourth-order valence-corrected chi connectivity index (χ4v) is 10.7. The van der Waals surface area contributed by atoms with Crippen molar-refractivity contribution in [3.05, 3.63) is 45.1 Å². The molecule has 5 heterocycles. The molecule has 5 rings (SSSR count). The van der Waals surface area contributed by atoms with Crippen molar-refractivity contribution in [3.63, 3.8) is 0 Å². The van der Waals surface area contributed by atoms with E-state index in [-0.39, 0.29) is 40.0 Å². The molecule has 0 aromatic carbocycles. The Kier molecular flexibility index (Phi) is 16.0. The van der Waals surface area contributed by atoms with Crippen molar-refractivity contribution in [2.75, 3.05) is 0 Å². The third-order valence-electron chi connectivity index (χ3n) is 8.01. The Balaban J connectivity index is 0.00000242. The first-order chi connectivity index (χ1) is 19.7. The number of aromatic nitrogens is 1. The van der Waals surface area contributed by atoms with Gasteiger partial charge in [-0.25, -0.2) is 0 Å². The largest absolute Gasteiger partial charge is 2.00 e. The molecule has 0 spiro atoms. The molecule has 42 heavy (non-hydrogen) atoms. The molecule has 1 nitrogen and oxygen atoms in total. The van der Waals surface area contributed by atoms with Crippen LogP contribution in [-0.2, 0) is 19.4 Å². The summed E-state index contributed by atoms with van der Waals surface area (Å²) in [5, 5.41) is 3.29. The molecule has 0 amide bonds. The molecule has 0 N–H and O–H groups in total. The molecule has 0 saturated heterocycles. The van der Waals surface area contributed by atoms with E-state index in [1.165, 1.54) is 128 Å². The van der Waals surface area contributed by atoms with Gasteiger partial charge in [0.15, 0.2) is 0 Å². The quantitative estimate of drug-likeness (QED) is 0.0510. The van der Waals surface area contributed by atoms with Gasteiger partial charge >= 0.3 is 23.1 Å². The summed E-state index contributed by atoms with van der Waals surface area (Å²) in [6.07, 6.45) is 18.0. The number of unbranched alkanes of at least 4 members (excludes halogenated alkanes) is 9. The molecule has 224 valence electrons. The van der Waals surface area contributed by atoms with E-state index in [0.717, 1.165) is 23.7 Å². The van der Waals surface area contributed by atoms with Crippen LogP contribution in [-0.4, -0.2) is 27.6 Å². The molecular formula is C34H43BrClMgNS4. The maximum absolute atomic E-state index is 6.93. The SMILES string of the molecule is CCCCCCCCCCn1c2cc(-c3cc[c-]s3)sc2c2sc(-c3sc(Cl)c(CCCC)c3CCCC)cc21.[Br-].[Mg+2]. The van der Waals surface area contributed by atoms with E-state index in [9.17, 15) is 0 Å². The number of nitrogens with zero attached hydrogens (tertiary/aromatic N) is 1. The third kappa shape index (κ3) is 8.48. The second-order valence-electron chi connectivity index (χ2n) is 11.1. The number of hydrogen-bond acceptors (Lipinski definition) is 4. The predicted molar refractivity (Wildman–Crippen MR) is 191 cm³/mol. The number of thiophene rings is 4. The molecule has 0 aliphatic rings. The van der Waals surface area contributed by atoms with Gasteiger partial charge in [0.2, 0.25) is 0 Å². The van der Waals surface area contributed by atoms with Gasteiger partial charge in [0, 0.05) is 16.3 Å². The number of fused-ring (bicyclic) bond motifs is 3. The standard InChI is InChI=1S/C34H43ClNS4.BrH.Mg/c1-4-7-10-11-12-13-14-15-20-36-26-22-29(28-19-16-21-37-28)38-32(26)33-27(36)23-30(39-33)31-24(17-8-5-2)25(18-9-6-3)34(35)40-31;;/h16,19,22-23H,4-15,17-18,20H2,1-3H3;1H;/q-1;;+2/p-1. The van der Waals surface area contributed by atoms with Gasteiger partial charge in [-0.3, -0.25) is 11.3 Å². The zero-order valence-electron chi connectivity index (χ0n) is 25.5. The Labute approximate surface area is 301 Å². The van der Waals surface area contributed by atoms with Gasteiger partial charge in [0.05, 0.1) is 24.8 Å². The van der Waals surface area contributed by atoms with Crippen LogP contribution in [0.4, 0.5) is 0 Å². The number of rotatable bonds is 17. The van der Waals surface area contributed by atoms with Gasteiger partial charge in [0.25, 0.3) is 0 Å². The van der Waals surface area contributed by atoms with Crippen LogP contribution >= 0.6 is 56.9 Å². The Morgan fingerprint density at radius 3 is 1.88 bits per heavy atom. The molecule has 0 radical (unpaired) electrons. The minimum Gasteiger partial charge on any atom is -1.00 e. The van der Waals surface area contributed by atoms with Gasteiger partial charge in [-0.2, -0.15) is 12.1 Å². The monoisotopic (exact) mass is 731 g/mol. The van der Waals surface area contributed by atoms with Crippen LogP contribution in [0.5, 0.6) is 0 Å². The smallest absolute Gasteiger partial charge is 1.00 e. The maximum atomic E-state index is 6.93. The molecule has 8 heteroatoms. The van der Waals surface area contributed by atoms with Gasteiger partial charge in [0.1, 0.15) is 0 Å². The van der Waals surface area contributed by atoms with Crippen molar-refractivity contribution in [2.24, 2.45) is 0 Å². The summed E-state index contributed by atoms with van der Waals surface area (Å²) in [6, 6.07) is 9.19. The minimum absolute atomic E-state index is 0. The van der Waals surface area contributed by atoms with E-state index < -0.39 is 0 Å². The van der Waals surface area contributed by atoms with Crippen molar-refractivity contribution in [2.45, 2.75) is 117 Å². The van der Waals surface area contributed by atoms with E-state index in [4.69, 9.17) is 11.6 Å². The Morgan fingerprint density at radius 2 is 1.26 bits per heavy atom. The van der Waals surface area contributed by atoms with Crippen molar-refractivity contribution >= 4 is 100 Å². The number of aryl methyl sites for hydroxylation is 1. The first kappa shape index (κ1) is 36.6. The predicted octanol–water partition coefficient (Wildman–Crippen LogP) is 10.3. The van der Waals surface area contributed by atoms with Crippen LogP contribution in [0.2, 0.25) is 4.34 Å². The molecule has 0 fully saturated rings. The van der Waals surface area contributed by atoms with Crippen LogP contribution < -0.4 is 17.0 Å².